The van der Waals surface area contributed by atoms with Crippen molar-refractivity contribution in [3.63, 3.8) is 0 Å². The predicted octanol–water partition coefficient (Wildman–Crippen LogP) is 4.52. The number of allylic oxidation sites excluding steroid dienone is 1. The summed E-state index contributed by atoms with van der Waals surface area (Å²) < 4.78 is 11.7. The highest BCUT2D eigenvalue weighted by molar-refractivity contribution is 8.00. The van der Waals surface area contributed by atoms with Gasteiger partial charge in [-0.05, 0) is 37.5 Å². The van der Waals surface area contributed by atoms with Crippen molar-refractivity contribution in [2.45, 2.75) is 55.9 Å². The van der Waals surface area contributed by atoms with Gasteiger partial charge in [0.15, 0.2) is 22.5 Å². The third kappa shape index (κ3) is 8.51. The summed E-state index contributed by atoms with van der Waals surface area (Å²) in [6, 6.07) is 16.7. The minimum absolute atomic E-state index is 0.0639. The van der Waals surface area contributed by atoms with E-state index < -0.39 is 59.0 Å². The summed E-state index contributed by atoms with van der Waals surface area (Å²) in [5, 5.41) is 12.7. The molecule has 0 saturated carbocycles. The average Bonchev–Trinajstić information content (AvgIpc) is 3.59. The van der Waals surface area contributed by atoms with Gasteiger partial charge in [0.2, 0.25) is 6.41 Å². The van der Waals surface area contributed by atoms with Gasteiger partial charge in [-0.2, -0.15) is 0 Å². The van der Waals surface area contributed by atoms with Gasteiger partial charge in [0, 0.05) is 23.8 Å². The number of aromatic nitrogens is 1. The number of hydrogen-bond donors (Lipinski definition) is 3. The van der Waals surface area contributed by atoms with Gasteiger partial charge in [-0.1, -0.05) is 78.5 Å². The maximum absolute atomic E-state index is 14.3. The van der Waals surface area contributed by atoms with E-state index in [0.717, 1.165) is 16.9 Å². The van der Waals surface area contributed by atoms with Crippen LogP contribution in [0.5, 0.6) is 0 Å². The molecule has 16 heteroatoms. The first kappa shape index (κ1) is 37.8. The number of nitrogens with one attached hydrogen (secondary N) is 3. The predicted molar refractivity (Wildman–Crippen MR) is 196 cm³/mol. The molecule has 3 atom stereocenters. The molecule has 1 saturated heterocycles. The molecule has 2 aromatic carbocycles. The monoisotopic (exact) mass is 746 g/mol. The highest BCUT2D eigenvalue weighted by Gasteiger charge is 2.64. The fourth-order valence-corrected chi connectivity index (χ4v) is 7.68. The number of nitrogens with zero attached hydrogens (tertiary/aromatic N) is 3. The SMILES string of the molecule is C=CC1=CN2C(=O)C(CC(NC(=O)OC(C)(C)C)C(=O)OC(c3ccccc3)c3ccccc3)(NC(=O)C(=NOC)c3csc(NC=O)n3)[C@@H]2SC1. The Bertz CT molecular complexity index is 1840. The molecule has 4 amide bonds. The van der Waals surface area contributed by atoms with Crippen LogP contribution >= 0.6 is 23.1 Å². The highest BCUT2D eigenvalue weighted by Crippen LogP contribution is 2.46. The van der Waals surface area contributed by atoms with E-state index >= 15 is 0 Å². The molecule has 2 aliphatic heterocycles. The second-order valence-corrected chi connectivity index (χ2v) is 14.6. The largest absolute Gasteiger partial charge is 0.451 e. The molecule has 0 spiro atoms. The Morgan fingerprint density at radius 2 is 1.77 bits per heavy atom. The van der Waals surface area contributed by atoms with Crippen LogP contribution in [0, 0.1) is 0 Å². The Morgan fingerprint density at radius 3 is 2.35 bits per heavy atom. The molecule has 2 aliphatic rings. The molecule has 0 aliphatic carbocycles. The Kier molecular flexibility index (Phi) is 11.8. The first-order valence-electron chi connectivity index (χ1n) is 16.1. The zero-order valence-electron chi connectivity index (χ0n) is 28.9. The van der Waals surface area contributed by atoms with Gasteiger partial charge in [0.1, 0.15) is 29.8 Å². The average molecular weight is 747 g/mol. The summed E-state index contributed by atoms with van der Waals surface area (Å²) in [6.07, 6.45) is 1.47. The molecule has 14 nitrogen and oxygen atoms in total. The van der Waals surface area contributed by atoms with Gasteiger partial charge in [-0.25, -0.2) is 14.6 Å². The molecule has 272 valence electrons. The minimum atomic E-state index is -1.77. The molecule has 3 heterocycles. The van der Waals surface area contributed by atoms with E-state index in [1.54, 1.807) is 33.0 Å². The number of amides is 4. The Morgan fingerprint density at radius 1 is 1.12 bits per heavy atom. The van der Waals surface area contributed by atoms with Crippen molar-refractivity contribution in [3.05, 3.63) is 107 Å². The number of hydrogen-bond acceptors (Lipinski definition) is 12. The normalized spacial score (nSPS) is 18.9. The third-order valence-corrected chi connectivity index (χ3v) is 10.1. The van der Waals surface area contributed by atoms with Crippen LogP contribution in [0.4, 0.5) is 9.93 Å². The number of carbonyl (C=O) groups excluding carboxylic acids is 5. The fraction of sp³-hybridized carbons (Fsp3) is 0.306. The highest BCUT2D eigenvalue weighted by atomic mass is 32.2. The number of anilines is 1. The number of alkyl carbamates (subject to hydrolysis) is 1. The second-order valence-electron chi connectivity index (χ2n) is 12.7. The lowest BCUT2D eigenvalue weighted by Gasteiger charge is -2.56. The van der Waals surface area contributed by atoms with Crippen LogP contribution in [-0.4, -0.2) is 81.3 Å². The van der Waals surface area contributed by atoms with E-state index in [1.165, 1.54) is 29.2 Å². The molecule has 2 unspecified atom stereocenters. The smallest absolute Gasteiger partial charge is 0.408 e. The van der Waals surface area contributed by atoms with Gasteiger partial charge in [-0.3, -0.25) is 14.4 Å². The van der Waals surface area contributed by atoms with Crippen molar-refractivity contribution in [3.8, 4) is 0 Å². The molecule has 1 aromatic heterocycles. The van der Waals surface area contributed by atoms with Gasteiger partial charge in [0.25, 0.3) is 11.8 Å². The van der Waals surface area contributed by atoms with Gasteiger partial charge < -0.3 is 35.2 Å². The van der Waals surface area contributed by atoms with Crippen molar-refractivity contribution < 1.29 is 38.3 Å². The molecule has 3 N–H and O–H groups in total. The van der Waals surface area contributed by atoms with Gasteiger partial charge in [-0.15, -0.1) is 23.1 Å². The number of β-lactam (4-membered cyclic amide) rings is 1. The lowest BCUT2D eigenvalue weighted by molar-refractivity contribution is -0.158. The van der Waals surface area contributed by atoms with Crippen LogP contribution in [-0.2, 0) is 33.5 Å². The summed E-state index contributed by atoms with van der Waals surface area (Å²) in [5.74, 6) is -1.84. The zero-order chi connectivity index (χ0) is 37.5. The summed E-state index contributed by atoms with van der Waals surface area (Å²) in [6.45, 7) is 8.82. The van der Waals surface area contributed by atoms with Crippen molar-refractivity contribution in [2.75, 3.05) is 18.2 Å². The van der Waals surface area contributed by atoms with Crippen LogP contribution in [0.3, 0.4) is 0 Å². The molecule has 0 radical (unpaired) electrons. The summed E-state index contributed by atoms with van der Waals surface area (Å²) in [7, 11) is 1.24. The third-order valence-electron chi connectivity index (χ3n) is 7.87. The molecule has 0 bridgehead atoms. The quantitative estimate of drug-likeness (QED) is 0.0699. The maximum Gasteiger partial charge on any atom is 0.408 e. The van der Waals surface area contributed by atoms with E-state index in [-0.39, 0.29) is 16.5 Å². The summed E-state index contributed by atoms with van der Waals surface area (Å²) in [5.41, 5.74) is -0.801. The van der Waals surface area contributed by atoms with Crippen LogP contribution in [0.25, 0.3) is 0 Å². The first-order valence-corrected chi connectivity index (χ1v) is 18.0. The second kappa shape index (κ2) is 16.2. The molecule has 3 aromatic rings. The molecular formula is C36H38N6O8S2. The van der Waals surface area contributed by atoms with E-state index in [1.807, 2.05) is 60.7 Å². The lowest BCUT2D eigenvalue weighted by atomic mass is 9.81. The topological polar surface area (TPSA) is 178 Å². The maximum atomic E-state index is 14.3. The number of ether oxygens (including phenoxy) is 2. The van der Waals surface area contributed by atoms with Crippen LogP contribution in [0.15, 0.2) is 95.6 Å². The van der Waals surface area contributed by atoms with E-state index in [0.29, 0.717) is 23.3 Å². The van der Waals surface area contributed by atoms with Crippen LogP contribution in [0.1, 0.15) is 50.1 Å². The number of rotatable bonds is 14. The molecule has 1 fully saturated rings. The minimum Gasteiger partial charge on any atom is -0.451 e. The Balaban J connectivity index is 1.54. The van der Waals surface area contributed by atoms with Crippen LogP contribution in [0.2, 0.25) is 0 Å². The van der Waals surface area contributed by atoms with E-state index in [9.17, 15) is 24.0 Å². The van der Waals surface area contributed by atoms with Crippen molar-refractivity contribution in [1.82, 2.24) is 20.5 Å². The number of thioether (sulfide) groups is 1. The van der Waals surface area contributed by atoms with Gasteiger partial charge in [0.05, 0.1) is 0 Å². The van der Waals surface area contributed by atoms with E-state index in [4.69, 9.17) is 14.3 Å². The zero-order valence-corrected chi connectivity index (χ0v) is 30.5. The lowest BCUT2D eigenvalue weighted by Crippen LogP contribution is -2.80. The van der Waals surface area contributed by atoms with Crippen molar-refractivity contribution >= 4 is 64.2 Å². The van der Waals surface area contributed by atoms with Crippen molar-refractivity contribution in [1.29, 1.82) is 0 Å². The van der Waals surface area contributed by atoms with Gasteiger partial charge >= 0.3 is 12.1 Å². The number of thiazole rings is 1. The molecule has 5 rings (SSSR count). The standard InChI is InChI=1S/C36H38N6O8S2/c1-6-22-18-42-31(46)36(32(42)51-19-22,40-29(44)27(41-48-5)26-20-52-33(38-26)37-21-43)17-25(39-34(47)50-35(2,3)4)30(45)49-28(23-13-9-7-10-14-23)24-15-11-8-12-16-24/h6-16,18,20-21,25,28,32H,1,17,19H2,2-5H3,(H,39,47)(H,40,44)(H,37,38,43)/t25?,32-,36?/m0/s1. The molecule has 52 heavy (non-hydrogen) atoms. The first-order chi connectivity index (χ1) is 24.9. The number of esters is 1. The number of fused-ring (bicyclic) bond motifs is 1. The van der Waals surface area contributed by atoms with Crippen LogP contribution < -0.4 is 16.0 Å². The summed E-state index contributed by atoms with van der Waals surface area (Å²) in [4.78, 5) is 77.5. The summed E-state index contributed by atoms with van der Waals surface area (Å²) >= 11 is 2.39. The number of oxime groups is 1. The number of carbonyl (C=O) groups is 5. The molecular weight excluding hydrogens is 709 g/mol. The van der Waals surface area contributed by atoms with E-state index in [2.05, 4.69) is 32.7 Å². The fourth-order valence-electron chi connectivity index (χ4n) is 5.62. The Hall–Kier alpha value is -5.48. The van der Waals surface area contributed by atoms with Crippen molar-refractivity contribution in [2.24, 2.45) is 5.16 Å². The Labute approximate surface area is 308 Å². The number of benzene rings is 2.